The molecule has 1 saturated heterocycles. The largest absolute Gasteiger partial charge is 0.387 e. The van der Waals surface area contributed by atoms with Gasteiger partial charge in [0.25, 0.3) is 0 Å². The molecule has 3 rings (SSSR count). The molecule has 2 unspecified atom stereocenters. The van der Waals surface area contributed by atoms with E-state index in [4.69, 9.17) is 0 Å². The van der Waals surface area contributed by atoms with Crippen LogP contribution in [0.4, 0.5) is 0 Å². The molecule has 16 heavy (non-hydrogen) atoms. The zero-order valence-electron chi connectivity index (χ0n) is 8.93. The number of aliphatic hydroxyl groups excluding tert-OH is 1. The summed E-state index contributed by atoms with van der Waals surface area (Å²) in [6.45, 7) is 0. The summed E-state index contributed by atoms with van der Waals surface area (Å²) in [5.74, 6) is 1.20. The van der Waals surface area contributed by atoms with E-state index in [1.807, 2.05) is 17.8 Å². The van der Waals surface area contributed by atoms with E-state index in [9.17, 15) is 5.11 Å². The maximum atomic E-state index is 10.4. The number of hydrogen-bond donors (Lipinski definition) is 1. The minimum Gasteiger partial charge on any atom is -0.387 e. The standard InChI is InChI=1S/C13H14OS2/c14-12(11-5-2-7-15-11)10-4-1-3-9-6-8-16-13(9)10/h1,3-4,6,8,11-12,14H,2,5,7H2. The number of benzene rings is 1. The topological polar surface area (TPSA) is 20.2 Å². The van der Waals surface area contributed by atoms with Crippen LogP contribution in [-0.2, 0) is 0 Å². The van der Waals surface area contributed by atoms with E-state index >= 15 is 0 Å². The summed E-state index contributed by atoms with van der Waals surface area (Å²) in [5.41, 5.74) is 1.12. The first kappa shape index (κ1) is 10.6. The monoisotopic (exact) mass is 250 g/mol. The average Bonchev–Trinajstić information content (AvgIpc) is 2.98. The first-order valence-electron chi connectivity index (χ1n) is 5.62. The summed E-state index contributed by atoms with van der Waals surface area (Å²) in [4.78, 5) is 0. The molecule has 1 N–H and O–H groups in total. The van der Waals surface area contributed by atoms with E-state index in [0.29, 0.717) is 5.25 Å². The molecule has 84 valence electrons. The number of thiophene rings is 1. The number of rotatable bonds is 2. The van der Waals surface area contributed by atoms with Gasteiger partial charge in [-0.1, -0.05) is 18.2 Å². The lowest BCUT2D eigenvalue weighted by Crippen LogP contribution is -2.11. The van der Waals surface area contributed by atoms with Crippen LogP contribution in [-0.4, -0.2) is 16.1 Å². The Hall–Kier alpha value is -0.510. The van der Waals surface area contributed by atoms with Crippen LogP contribution in [0.2, 0.25) is 0 Å². The average molecular weight is 250 g/mol. The van der Waals surface area contributed by atoms with Gasteiger partial charge in [-0.3, -0.25) is 0 Å². The Balaban J connectivity index is 2.00. The highest BCUT2D eigenvalue weighted by atomic mass is 32.2. The molecule has 1 aromatic heterocycles. The second kappa shape index (κ2) is 4.40. The van der Waals surface area contributed by atoms with E-state index in [1.54, 1.807) is 11.3 Å². The van der Waals surface area contributed by atoms with Gasteiger partial charge in [-0.05, 0) is 41.0 Å². The molecule has 2 aromatic rings. The molecule has 0 aliphatic carbocycles. The lowest BCUT2D eigenvalue weighted by atomic mass is 10.0. The lowest BCUT2D eigenvalue weighted by molar-refractivity contribution is 0.175. The Kier molecular flexibility index (Phi) is 2.92. The Morgan fingerprint density at radius 2 is 2.25 bits per heavy atom. The Morgan fingerprint density at radius 3 is 3.06 bits per heavy atom. The molecular formula is C13H14OS2. The second-order valence-corrected chi connectivity index (χ2v) is 6.45. The zero-order chi connectivity index (χ0) is 11.0. The third kappa shape index (κ3) is 1.77. The summed E-state index contributed by atoms with van der Waals surface area (Å²) >= 11 is 3.64. The highest BCUT2D eigenvalue weighted by molar-refractivity contribution is 8.00. The van der Waals surface area contributed by atoms with Crippen molar-refractivity contribution in [1.29, 1.82) is 0 Å². The van der Waals surface area contributed by atoms with Crippen LogP contribution >= 0.6 is 23.1 Å². The minimum absolute atomic E-state index is 0.296. The second-order valence-electron chi connectivity index (χ2n) is 4.18. The van der Waals surface area contributed by atoms with E-state index in [0.717, 1.165) is 12.0 Å². The van der Waals surface area contributed by atoms with Crippen LogP contribution in [0, 0.1) is 0 Å². The van der Waals surface area contributed by atoms with Gasteiger partial charge in [-0.25, -0.2) is 0 Å². The van der Waals surface area contributed by atoms with Crippen LogP contribution in [0.3, 0.4) is 0 Å². The van der Waals surface area contributed by atoms with Crippen LogP contribution in [0.5, 0.6) is 0 Å². The van der Waals surface area contributed by atoms with Gasteiger partial charge in [0.15, 0.2) is 0 Å². The summed E-state index contributed by atoms with van der Waals surface area (Å²) in [6, 6.07) is 8.36. The predicted molar refractivity (Wildman–Crippen MR) is 72.3 cm³/mol. The van der Waals surface area contributed by atoms with Gasteiger partial charge in [0, 0.05) is 9.95 Å². The van der Waals surface area contributed by atoms with E-state index in [2.05, 4.69) is 23.6 Å². The SMILES string of the molecule is OC(c1cccc2ccsc12)C1CCCS1. The minimum atomic E-state index is -0.296. The number of hydrogen-bond acceptors (Lipinski definition) is 3. The van der Waals surface area contributed by atoms with Crippen molar-refractivity contribution >= 4 is 33.2 Å². The fourth-order valence-electron chi connectivity index (χ4n) is 2.30. The van der Waals surface area contributed by atoms with E-state index < -0.39 is 0 Å². The number of thioether (sulfide) groups is 1. The van der Waals surface area contributed by atoms with E-state index in [-0.39, 0.29) is 6.10 Å². The molecule has 0 saturated carbocycles. The maximum absolute atomic E-state index is 10.4. The van der Waals surface area contributed by atoms with Crippen molar-refractivity contribution < 1.29 is 5.11 Å². The van der Waals surface area contributed by atoms with Crippen molar-refractivity contribution in [3.8, 4) is 0 Å². The van der Waals surface area contributed by atoms with Crippen LogP contribution in [0.25, 0.3) is 10.1 Å². The van der Waals surface area contributed by atoms with Gasteiger partial charge in [-0.2, -0.15) is 11.8 Å². The molecule has 0 spiro atoms. The van der Waals surface area contributed by atoms with Crippen LogP contribution < -0.4 is 0 Å². The molecule has 3 heteroatoms. The zero-order valence-corrected chi connectivity index (χ0v) is 10.6. The molecular weight excluding hydrogens is 236 g/mol. The van der Waals surface area contributed by atoms with Crippen molar-refractivity contribution in [2.24, 2.45) is 0 Å². The highest BCUT2D eigenvalue weighted by Gasteiger charge is 2.26. The van der Waals surface area contributed by atoms with Crippen molar-refractivity contribution in [2.75, 3.05) is 5.75 Å². The molecule has 1 nitrogen and oxygen atoms in total. The fraction of sp³-hybridized carbons (Fsp3) is 0.385. The highest BCUT2D eigenvalue weighted by Crippen LogP contribution is 2.39. The normalized spacial score (nSPS) is 22.7. The van der Waals surface area contributed by atoms with Crippen molar-refractivity contribution in [3.05, 3.63) is 35.2 Å². The van der Waals surface area contributed by atoms with Gasteiger partial charge < -0.3 is 5.11 Å². The summed E-state index contributed by atoms with van der Waals surface area (Å²) in [5, 5.41) is 14.2. The van der Waals surface area contributed by atoms with Gasteiger partial charge >= 0.3 is 0 Å². The molecule has 1 aliphatic heterocycles. The molecule has 1 aliphatic rings. The summed E-state index contributed by atoms with van der Waals surface area (Å²) in [7, 11) is 0. The lowest BCUT2D eigenvalue weighted by Gasteiger charge is -2.18. The molecule has 2 atom stereocenters. The van der Waals surface area contributed by atoms with Gasteiger partial charge in [0.05, 0.1) is 6.10 Å². The Bertz CT molecular complexity index is 485. The van der Waals surface area contributed by atoms with Crippen LogP contribution in [0.1, 0.15) is 24.5 Å². The predicted octanol–water partition coefficient (Wildman–Crippen LogP) is 3.83. The Labute approximate surface area is 103 Å². The van der Waals surface area contributed by atoms with Crippen molar-refractivity contribution in [1.82, 2.24) is 0 Å². The number of aliphatic hydroxyl groups is 1. The third-order valence-corrected chi connectivity index (χ3v) is 5.57. The van der Waals surface area contributed by atoms with Gasteiger partial charge in [0.2, 0.25) is 0 Å². The molecule has 1 aromatic carbocycles. The fourth-order valence-corrected chi connectivity index (χ4v) is 4.55. The van der Waals surface area contributed by atoms with E-state index in [1.165, 1.54) is 22.3 Å². The quantitative estimate of drug-likeness (QED) is 0.874. The van der Waals surface area contributed by atoms with Crippen molar-refractivity contribution in [3.63, 3.8) is 0 Å². The first-order valence-corrected chi connectivity index (χ1v) is 7.55. The molecule has 1 fully saturated rings. The maximum Gasteiger partial charge on any atom is 0.0922 e. The van der Waals surface area contributed by atoms with Crippen molar-refractivity contribution in [2.45, 2.75) is 24.2 Å². The smallest absolute Gasteiger partial charge is 0.0922 e. The summed E-state index contributed by atoms with van der Waals surface area (Å²) in [6.07, 6.45) is 2.09. The molecule has 0 bridgehead atoms. The van der Waals surface area contributed by atoms with Gasteiger partial charge in [-0.15, -0.1) is 11.3 Å². The van der Waals surface area contributed by atoms with Gasteiger partial charge in [0.1, 0.15) is 0 Å². The molecule has 2 heterocycles. The number of fused-ring (bicyclic) bond motifs is 1. The summed E-state index contributed by atoms with van der Waals surface area (Å²) < 4.78 is 1.25. The third-order valence-electron chi connectivity index (χ3n) is 3.15. The first-order chi connectivity index (χ1) is 7.86. The Morgan fingerprint density at radius 1 is 1.31 bits per heavy atom. The van der Waals surface area contributed by atoms with Crippen LogP contribution in [0.15, 0.2) is 29.6 Å². The molecule has 0 amide bonds. The molecule has 0 radical (unpaired) electrons.